The summed E-state index contributed by atoms with van der Waals surface area (Å²) in [6.45, 7) is 8.03. The highest BCUT2D eigenvalue weighted by Crippen LogP contribution is 2.60. The summed E-state index contributed by atoms with van der Waals surface area (Å²) in [5.74, 6) is 0.355. The van der Waals surface area contributed by atoms with Crippen LogP contribution >= 0.6 is 0 Å². The molecule has 3 aliphatic carbocycles. The van der Waals surface area contributed by atoms with Crippen LogP contribution in [0.2, 0.25) is 0 Å². The number of aliphatic hydroxyl groups excluding tert-OH is 2. The van der Waals surface area contributed by atoms with Crippen LogP contribution in [-0.4, -0.2) is 45.5 Å². The quantitative estimate of drug-likeness (QED) is 0.336. The summed E-state index contributed by atoms with van der Waals surface area (Å²) in [6.07, 6.45) is -5.24. The lowest BCUT2D eigenvalue weighted by Gasteiger charge is -2.44. The number of fused-ring (bicyclic) bond motifs is 1. The minimum Gasteiger partial charge on any atom is -0.393 e. The molecule has 0 saturated heterocycles. The van der Waals surface area contributed by atoms with Crippen LogP contribution < -0.4 is 0 Å². The van der Waals surface area contributed by atoms with E-state index in [0.29, 0.717) is 12.0 Å². The average molecular weight is 525 g/mol. The minimum atomic E-state index is -5.77. The van der Waals surface area contributed by atoms with Gasteiger partial charge in [0.1, 0.15) is 0 Å². The van der Waals surface area contributed by atoms with Gasteiger partial charge in [0.15, 0.2) is 0 Å². The standard InChI is InChI=1S/C27H38F6O3/c1-16(6-4-13-25(36,26(28,29)30)27(31,32)33)21-10-11-22-18(7-5-12-24(21,22)3)8-9-19-14-20(34)15-23(35)17(19)2/h8-9,16,20-23,34-36H,2,4-7,10-15H2,1,3H3/t16-,20-,21-,22?,23+,24-/m1/s1. The fourth-order valence-corrected chi connectivity index (χ4v) is 7.00. The van der Waals surface area contributed by atoms with E-state index < -0.39 is 36.6 Å². The van der Waals surface area contributed by atoms with Crippen LogP contribution in [0.1, 0.15) is 78.1 Å². The first-order chi connectivity index (χ1) is 16.5. The van der Waals surface area contributed by atoms with Gasteiger partial charge in [0.2, 0.25) is 0 Å². The lowest BCUT2D eigenvalue weighted by Crippen LogP contribution is -2.56. The van der Waals surface area contributed by atoms with E-state index >= 15 is 0 Å². The zero-order chi connectivity index (χ0) is 27.1. The van der Waals surface area contributed by atoms with E-state index in [1.165, 1.54) is 5.57 Å². The fourth-order valence-electron chi connectivity index (χ4n) is 7.00. The molecule has 3 saturated carbocycles. The molecule has 206 valence electrons. The van der Waals surface area contributed by atoms with E-state index in [2.05, 4.69) is 19.6 Å². The third kappa shape index (κ3) is 5.58. The van der Waals surface area contributed by atoms with E-state index in [9.17, 15) is 41.7 Å². The molecule has 0 aromatic carbocycles. The van der Waals surface area contributed by atoms with Crippen molar-refractivity contribution in [2.75, 3.05) is 0 Å². The van der Waals surface area contributed by atoms with Gasteiger partial charge in [0, 0.05) is 6.42 Å². The zero-order valence-electron chi connectivity index (χ0n) is 20.9. The van der Waals surface area contributed by atoms with Gasteiger partial charge in [-0.1, -0.05) is 44.6 Å². The molecule has 0 spiro atoms. The molecule has 0 radical (unpaired) electrons. The van der Waals surface area contributed by atoms with E-state index in [-0.39, 0.29) is 42.4 Å². The van der Waals surface area contributed by atoms with Crippen LogP contribution in [0.5, 0.6) is 0 Å². The van der Waals surface area contributed by atoms with Gasteiger partial charge in [-0.05, 0) is 85.7 Å². The molecule has 0 aromatic rings. The Hall–Kier alpha value is -1.32. The second-order valence-corrected chi connectivity index (χ2v) is 11.4. The minimum absolute atomic E-state index is 0.0770. The Balaban J connectivity index is 1.69. The molecule has 9 heteroatoms. The SMILES string of the molecule is C=C1C(=CC=C2CCC[C@@]3(C)C2CC[C@@H]3[C@H](C)CCCC(O)(C(F)(F)F)C(F)(F)F)C[C@@H](O)C[C@@H]1O. The maximum absolute atomic E-state index is 13.0. The van der Waals surface area contributed by atoms with Gasteiger partial charge in [-0.25, -0.2) is 0 Å². The number of halogens is 6. The molecule has 3 fully saturated rings. The highest BCUT2D eigenvalue weighted by molar-refractivity contribution is 5.38. The van der Waals surface area contributed by atoms with Gasteiger partial charge in [0.05, 0.1) is 12.2 Å². The van der Waals surface area contributed by atoms with Gasteiger partial charge in [0.25, 0.3) is 5.60 Å². The highest BCUT2D eigenvalue weighted by Gasteiger charge is 2.69. The lowest BCUT2D eigenvalue weighted by atomic mass is 9.60. The summed E-state index contributed by atoms with van der Waals surface area (Å²) in [5, 5.41) is 29.5. The third-order valence-corrected chi connectivity index (χ3v) is 9.12. The van der Waals surface area contributed by atoms with E-state index in [1.54, 1.807) is 0 Å². The molecular formula is C27H38F6O3. The molecule has 0 amide bonds. The lowest BCUT2D eigenvalue weighted by molar-refractivity contribution is -0.370. The maximum Gasteiger partial charge on any atom is 0.426 e. The number of hydrogen-bond donors (Lipinski definition) is 3. The first kappa shape index (κ1) is 29.2. The monoisotopic (exact) mass is 524 g/mol. The van der Waals surface area contributed by atoms with Crippen LogP contribution in [0.3, 0.4) is 0 Å². The zero-order valence-corrected chi connectivity index (χ0v) is 20.9. The van der Waals surface area contributed by atoms with Crippen LogP contribution in [-0.2, 0) is 0 Å². The Labute approximate surface area is 209 Å². The van der Waals surface area contributed by atoms with Gasteiger partial charge in [-0.3, -0.25) is 0 Å². The molecule has 3 aliphatic rings. The molecule has 0 heterocycles. The Kier molecular flexibility index (Phi) is 8.48. The van der Waals surface area contributed by atoms with Crippen molar-refractivity contribution in [1.82, 2.24) is 0 Å². The summed E-state index contributed by atoms with van der Waals surface area (Å²) in [7, 11) is 0. The molecule has 0 bridgehead atoms. The molecule has 36 heavy (non-hydrogen) atoms. The molecule has 6 atom stereocenters. The number of allylic oxidation sites excluding steroid dienone is 3. The molecule has 0 aromatic heterocycles. The van der Waals surface area contributed by atoms with Crippen LogP contribution in [0.25, 0.3) is 0 Å². The largest absolute Gasteiger partial charge is 0.426 e. The number of rotatable bonds is 6. The van der Waals surface area contributed by atoms with Crippen LogP contribution in [0.15, 0.2) is 35.5 Å². The Morgan fingerprint density at radius 2 is 1.72 bits per heavy atom. The molecular weight excluding hydrogens is 486 g/mol. The van der Waals surface area contributed by atoms with E-state index in [1.807, 2.05) is 13.0 Å². The second-order valence-electron chi connectivity index (χ2n) is 11.4. The summed E-state index contributed by atoms with van der Waals surface area (Å²) in [6, 6.07) is 0. The van der Waals surface area contributed by atoms with Crippen molar-refractivity contribution in [3.05, 3.63) is 35.5 Å². The first-order valence-corrected chi connectivity index (χ1v) is 12.8. The van der Waals surface area contributed by atoms with Crippen LogP contribution in [0, 0.1) is 23.2 Å². The predicted octanol–water partition coefficient (Wildman–Crippen LogP) is 6.79. The van der Waals surface area contributed by atoms with Crippen molar-refractivity contribution in [3.63, 3.8) is 0 Å². The number of aliphatic hydroxyl groups is 3. The van der Waals surface area contributed by atoms with E-state index in [4.69, 9.17) is 0 Å². The fraction of sp³-hybridized carbons (Fsp3) is 0.778. The van der Waals surface area contributed by atoms with Crippen molar-refractivity contribution in [2.45, 2.75) is 108 Å². The Morgan fingerprint density at radius 3 is 2.33 bits per heavy atom. The molecule has 3 rings (SSSR count). The third-order valence-electron chi connectivity index (χ3n) is 9.12. The summed E-state index contributed by atoms with van der Waals surface area (Å²) in [5.41, 5.74) is -2.08. The molecule has 0 aliphatic heterocycles. The van der Waals surface area contributed by atoms with Gasteiger partial charge >= 0.3 is 12.4 Å². The summed E-state index contributed by atoms with van der Waals surface area (Å²) >= 11 is 0. The van der Waals surface area contributed by atoms with Crippen molar-refractivity contribution >= 4 is 0 Å². The summed E-state index contributed by atoms with van der Waals surface area (Å²) in [4.78, 5) is 0. The van der Waals surface area contributed by atoms with Gasteiger partial charge < -0.3 is 15.3 Å². The second kappa shape index (κ2) is 10.4. The predicted molar refractivity (Wildman–Crippen MR) is 125 cm³/mol. The van der Waals surface area contributed by atoms with Crippen molar-refractivity contribution in [1.29, 1.82) is 0 Å². The molecule has 3 nitrogen and oxygen atoms in total. The van der Waals surface area contributed by atoms with Crippen molar-refractivity contribution in [2.24, 2.45) is 23.2 Å². The van der Waals surface area contributed by atoms with Crippen LogP contribution in [0.4, 0.5) is 26.3 Å². The van der Waals surface area contributed by atoms with Gasteiger partial charge in [-0.15, -0.1) is 0 Å². The van der Waals surface area contributed by atoms with Crippen molar-refractivity contribution in [3.8, 4) is 0 Å². The summed E-state index contributed by atoms with van der Waals surface area (Å²) < 4.78 is 78.1. The normalized spacial score (nSPS) is 35.4. The molecule has 3 N–H and O–H groups in total. The number of alkyl halides is 6. The van der Waals surface area contributed by atoms with Crippen molar-refractivity contribution < 1.29 is 41.7 Å². The number of hydrogen-bond acceptors (Lipinski definition) is 3. The average Bonchev–Trinajstić information content (AvgIpc) is 3.11. The Bertz CT molecular complexity index is 860. The van der Waals surface area contributed by atoms with Gasteiger partial charge in [-0.2, -0.15) is 26.3 Å². The smallest absolute Gasteiger partial charge is 0.393 e. The topological polar surface area (TPSA) is 60.7 Å². The molecule has 1 unspecified atom stereocenters. The highest BCUT2D eigenvalue weighted by atomic mass is 19.4. The first-order valence-electron chi connectivity index (χ1n) is 12.8. The maximum atomic E-state index is 13.0. The Morgan fingerprint density at radius 1 is 1.08 bits per heavy atom. The van der Waals surface area contributed by atoms with E-state index in [0.717, 1.165) is 37.7 Å².